The van der Waals surface area contributed by atoms with Crippen LogP contribution in [0.4, 0.5) is 0 Å². The molecular formula is C9H12N2O3. The van der Waals surface area contributed by atoms with E-state index >= 15 is 0 Å². The highest BCUT2D eigenvalue weighted by atomic mass is 16.4. The molecule has 0 saturated heterocycles. The summed E-state index contributed by atoms with van der Waals surface area (Å²) >= 11 is 0. The highest BCUT2D eigenvalue weighted by molar-refractivity contribution is 5.85. The van der Waals surface area contributed by atoms with E-state index in [0.29, 0.717) is 5.56 Å². The predicted octanol–water partition coefficient (Wildman–Crippen LogP) is -0.0540. The van der Waals surface area contributed by atoms with Crippen LogP contribution in [0.2, 0.25) is 0 Å². The van der Waals surface area contributed by atoms with Gasteiger partial charge in [-0.1, -0.05) is 0 Å². The number of nitrogens with zero attached hydrogens (tertiary/aromatic N) is 1. The molecule has 1 atom stereocenters. The monoisotopic (exact) mass is 196 g/mol. The average Bonchev–Trinajstić information content (AvgIpc) is 2.18. The Labute approximate surface area is 81.2 Å². The number of carbonyl (C=O) groups is 1. The quantitative estimate of drug-likeness (QED) is 0.629. The van der Waals surface area contributed by atoms with Crippen molar-refractivity contribution in [3.63, 3.8) is 0 Å². The maximum Gasteiger partial charge on any atom is 0.354 e. The van der Waals surface area contributed by atoms with Crippen molar-refractivity contribution in [2.75, 3.05) is 6.61 Å². The molecule has 4 N–H and O–H groups in total. The van der Waals surface area contributed by atoms with Gasteiger partial charge in [-0.2, -0.15) is 0 Å². The first kappa shape index (κ1) is 10.6. The molecule has 14 heavy (non-hydrogen) atoms. The molecule has 1 heterocycles. The number of aromatic carboxylic acids is 1. The third kappa shape index (κ3) is 2.07. The molecule has 76 valence electrons. The molecule has 1 aromatic rings. The van der Waals surface area contributed by atoms with Crippen LogP contribution in [0.1, 0.15) is 23.0 Å². The Bertz CT molecular complexity index is 350. The van der Waals surface area contributed by atoms with E-state index in [4.69, 9.17) is 15.9 Å². The fourth-order valence-electron chi connectivity index (χ4n) is 0.994. The maximum atomic E-state index is 10.6. The minimum Gasteiger partial charge on any atom is -0.477 e. The van der Waals surface area contributed by atoms with E-state index in [1.54, 1.807) is 13.0 Å². The Morgan fingerprint density at radius 1 is 1.71 bits per heavy atom. The number of hydrogen-bond acceptors (Lipinski definition) is 4. The second kappa shape index (κ2) is 3.73. The van der Waals surface area contributed by atoms with Gasteiger partial charge in [-0.3, -0.25) is 0 Å². The summed E-state index contributed by atoms with van der Waals surface area (Å²) in [6.07, 6.45) is 1.36. The van der Waals surface area contributed by atoms with E-state index in [2.05, 4.69) is 4.98 Å². The van der Waals surface area contributed by atoms with E-state index in [-0.39, 0.29) is 12.3 Å². The molecule has 0 aliphatic carbocycles. The van der Waals surface area contributed by atoms with Crippen LogP contribution in [-0.4, -0.2) is 27.8 Å². The zero-order valence-corrected chi connectivity index (χ0v) is 7.77. The van der Waals surface area contributed by atoms with Crippen LogP contribution < -0.4 is 5.73 Å². The number of aliphatic hydroxyl groups is 1. The lowest BCUT2D eigenvalue weighted by atomic mass is 9.94. The SMILES string of the molecule is CC(N)(CO)c1ccnc(C(=O)O)c1. The van der Waals surface area contributed by atoms with Gasteiger partial charge in [0.1, 0.15) is 5.69 Å². The van der Waals surface area contributed by atoms with Crippen LogP contribution in [0.15, 0.2) is 18.3 Å². The molecule has 0 aliphatic rings. The summed E-state index contributed by atoms with van der Waals surface area (Å²) < 4.78 is 0. The fraction of sp³-hybridized carbons (Fsp3) is 0.333. The molecule has 1 rings (SSSR count). The zero-order valence-electron chi connectivity index (χ0n) is 7.77. The smallest absolute Gasteiger partial charge is 0.354 e. The van der Waals surface area contributed by atoms with E-state index in [9.17, 15) is 4.79 Å². The van der Waals surface area contributed by atoms with Crippen molar-refractivity contribution in [3.05, 3.63) is 29.6 Å². The lowest BCUT2D eigenvalue weighted by Crippen LogP contribution is -2.37. The van der Waals surface area contributed by atoms with Crippen molar-refractivity contribution >= 4 is 5.97 Å². The summed E-state index contributed by atoms with van der Waals surface area (Å²) in [5.41, 5.74) is 5.27. The molecule has 1 aromatic heterocycles. The Kier molecular flexibility index (Phi) is 2.83. The molecule has 0 aliphatic heterocycles. The number of aromatic nitrogens is 1. The van der Waals surface area contributed by atoms with Crippen LogP contribution in [0.3, 0.4) is 0 Å². The van der Waals surface area contributed by atoms with Gasteiger partial charge in [0, 0.05) is 6.20 Å². The Balaban J connectivity index is 3.12. The molecule has 1 unspecified atom stereocenters. The van der Waals surface area contributed by atoms with Gasteiger partial charge in [0.2, 0.25) is 0 Å². The lowest BCUT2D eigenvalue weighted by molar-refractivity contribution is 0.0690. The van der Waals surface area contributed by atoms with Gasteiger partial charge in [0.25, 0.3) is 0 Å². The first-order valence-electron chi connectivity index (χ1n) is 4.07. The minimum atomic E-state index is -1.11. The highest BCUT2D eigenvalue weighted by Crippen LogP contribution is 2.16. The highest BCUT2D eigenvalue weighted by Gasteiger charge is 2.21. The van der Waals surface area contributed by atoms with Crippen molar-refractivity contribution in [2.45, 2.75) is 12.5 Å². The van der Waals surface area contributed by atoms with Gasteiger partial charge in [-0.15, -0.1) is 0 Å². The van der Waals surface area contributed by atoms with Gasteiger partial charge in [-0.25, -0.2) is 9.78 Å². The summed E-state index contributed by atoms with van der Waals surface area (Å²) in [4.78, 5) is 14.3. The summed E-state index contributed by atoms with van der Waals surface area (Å²) in [7, 11) is 0. The van der Waals surface area contributed by atoms with E-state index in [0.717, 1.165) is 0 Å². The number of nitrogens with two attached hydrogens (primary N) is 1. The largest absolute Gasteiger partial charge is 0.477 e. The Morgan fingerprint density at radius 3 is 2.86 bits per heavy atom. The van der Waals surface area contributed by atoms with Crippen LogP contribution in [0.25, 0.3) is 0 Å². The van der Waals surface area contributed by atoms with Gasteiger partial charge in [-0.05, 0) is 24.6 Å². The van der Waals surface area contributed by atoms with Crippen molar-refractivity contribution in [3.8, 4) is 0 Å². The van der Waals surface area contributed by atoms with Gasteiger partial charge >= 0.3 is 5.97 Å². The molecule has 0 fully saturated rings. The maximum absolute atomic E-state index is 10.6. The number of pyridine rings is 1. The molecule has 0 radical (unpaired) electrons. The summed E-state index contributed by atoms with van der Waals surface area (Å²) in [6.45, 7) is 1.37. The molecule has 5 nitrogen and oxygen atoms in total. The lowest BCUT2D eigenvalue weighted by Gasteiger charge is -2.22. The van der Waals surface area contributed by atoms with Crippen LogP contribution >= 0.6 is 0 Å². The third-order valence-electron chi connectivity index (χ3n) is 1.97. The molecule has 0 bridgehead atoms. The summed E-state index contributed by atoms with van der Waals surface area (Å²) in [6, 6.07) is 2.95. The Hall–Kier alpha value is -1.46. The standard InChI is InChI=1S/C9H12N2O3/c1-9(10,5-12)6-2-3-11-7(4-6)8(13)14/h2-4,12H,5,10H2,1H3,(H,13,14). The topological polar surface area (TPSA) is 96.4 Å². The number of carboxylic acid groups (broad SMARTS) is 1. The van der Waals surface area contributed by atoms with Gasteiger partial charge < -0.3 is 15.9 Å². The van der Waals surface area contributed by atoms with Crippen molar-refractivity contribution in [2.24, 2.45) is 5.73 Å². The number of rotatable bonds is 3. The van der Waals surface area contributed by atoms with Crippen molar-refractivity contribution < 1.29 is 15.0 Å². The van der Waals surface area contributed by atoms with E-state index in [1.165, 1.54) is 12.3 Å². The van der Waals surface area contributed by atoms with Gasteiger partial charge in [0.05, 0.1) is 12.1 Å². The minimum absolute atomic E-state index is 0.0763. The second-order valence-electron chi connectivity index (χ2n) is 3.31. The van der Waals surface area contributed by atoms with E-state index < -0.39 is 11.5 Å². The van der Waals surface area contributed by atoms with Crippen molar-refractivity contribution in [1.29, 1.82) is 0 Å². The normalized spacial score (nSPS) is 14.8. The van der Waals surface area contributed by atoms with Crippen LogP contribution in [-0.2, 0) is 5.54 Å². The molecular weight excluding hydrogens is 184 g/mol. The molecule has 0 spiro atoms. The third-order valence-corrected chi connectivity index (χ3v) is 1.97. The molecule has 0 amide bonds. The van der Waals surface area contributed by atoms with Gasteiger partial charge in [0.15, 0.2) is 0 Å². The fourth-order valence-corrected chi connectivity index (χ4v) is 0.994. The zero-order chi connectivity index (χ0) is 10.8. The predicted molar refractivity (Wildman–Crippen MR) is 49.8 cm³/mol. The first-order chi connectivity index (χ1) is 6.47. The first-order valence-corrected chi connectivity index (χ1v) is 4.07. The van der Waals surface area contributed by atoms with E-state index in [1.807, 2.05) is 0 Å². The average molecular weight is 196 g/mol. The molecule has 5 heteroatoms. The Morgan fingerprint density at radius 2 is 2.36 bits per heavy atom. The number of carboxylic acids is 1. The van der Waals surface area contributed by atoms with Crippen LogP contribution in [0.5, 0.6) is 0 Å². The van der Waals surface area contributed by atoms with Crippen molar-refractivity contribution in [1.82, 2.24) is 4.98 Å². The number of hydrogen-bond donors (Lipinski definition) is 3. The summed E-state index contributed by atoms with van der Waals surface area (Å²) in [5, 5.41) is 17.7. The second-order valence-corrected chi connectivity index (χ2v) is 3.31. The summed E-state index contributed by atoms with van der Waals surface area (Å²) in [5.74, 6) is -1.11. The molecule has 0 saturated carbocycles. The number of aliphatic hydroxyl groups excluding tert-OH is 1. The van der Waals surface area contributed by atoms with Crippen LogP contribution in [0, 0.1) is 0 Å². The molecule has 0 aromatic carbocycles.